The van der Waals surface area contributed by atoms with Gasteiger partial charge in [-0.15, -0.1) is 11.3 Å². The van der Waals surface area contributed by atoms with Crippen LogP contribution in [0.3, 0.4) is 0 Å². The second kappa shape index (κ2) is 4.86. The predicted molar refractivity (Wildman–Crippen MR) is 70.3 cm³/mol. The van der Waals surface area contributed by atoms with Gasteiger partial charge in [-0.3, -0.25) is 11.3 Å². The van der Waals surface area contributed by atoms with Crippen LogP contribution in [0, 0.1) is 12.3 Å². The number of thiophene rings is 1. The highest BCUT2D eigenvalue weighted by Crippen LogP contribution is 2.50. The van der Waals surface area contributed by atoms with E-state index in [1.165, 1.54) is 42.5 Å². The molecule has 1 aromatic rings. The van der Waals surface area contributed by atoms with Gasteiger partial charge in [-0.1, -0.05) is 19.8 Å². The average molecular weight is 238 g/mol. The Morgan fingerprint density at radius 2 is 2.19 bits per heavy atom. The van der Waals surface area contributed by atoms with Gasteiger partial charge < -0.3 is 0 Å². The standard InChI is InChI=1S/C13H22N2S/c1-3-13(6-4-5-7-13)12(15-14)11-8-10(2)16-9-11/h8-9,12,15H,3-7,14H2,1-2H3. The molecule has 1 atom stereocenters. The van der Waals surface area contributed by atoms with Crippen molar-refractivity contribution in [2.45, 2.75) is 52.0 Å². The van der Waals surface area contributed by atoms with Crippen LogP contribution in [0.1, 0.15) is 55.5 Å². The lowest BCUT2D eigenvalue weighted by Crippen LogP contribution is -2.39. The first-order valence-electron chi connectivity index (χ1n) is 6.23. The van der Waals surface area contributed by atoms with Crippen LogP contribution >= 0.6 is 11.3 Å². The molecule has 0 saturated heterocycles. The molecule has 16 heavy (non-hydrogen) atoms. The maximum Gasteiger partial charge on any atom is 0.0524 e. The normalized spacial score (nSPS) is 21.2. The van der Waals surface area contributed by atoms with Crippen molar-refractivity contribution >= 4 is 11.3 Å². The largest absolute Gasteiger partial charge is 0.271 e. The molecule has 0 bridgehead atoms. The number of aryl methyl sites for hydroxylation is 1. The number of nitrogens with two attached hydrogens (primary N) is 1. The maximum absolute atomic E-state index is 5.81. The third-order valence-corrected chi connectivity index (χ3v) is 5.05. The Labute approximate surface area is 102 Å². The van der Waals surface area contributed by atoms with Crippen LogP contribution in [0.15, 0.2) is 11.4 Å². The first-order chi connectivity index (χ1) is 7.72. The lowest BCUT2D eigenvalue weighted by molar-refractivity contribution is 0.188. The SMILES string of the molecule is CCC1(C(NN)c2csc(C)c2)CCCC1. The molecule has 0 radical (unpaired) electrons. The molecule has 0 spiro atoms. The number of nitrogens with one attached hydrogen (secondary N) is 1. The van der Waals surface area contributed by atoms with E-state index in [1.54, 1.807) is 0 Å². The van der Waals surface area contributed by atoms with E-state index in [4.69, 9.17) is 5.84 Å². The summed E-state index contributed by atoms with van der Waals surface area (Å²) in [5, 5.41) is 2.26. The fourth-order valence-corrected chi connectivity index (χ4v) is 3.90. The summed E-state index contributed by atoms with van der Waals surface area (Å²) in [6, 6.07) is 2.62. The van der Waals surface area contributed by atoms with Crippen molar-refractivity contribution in [3.05, 3.63) is 21.9 Å². The molecule has 3 heteroatoms. The quantitative estimate of drug-likeness (QED) is 0.622. The number of hydrogen-bond donors (Lipinski definition) is 2. The molecule has 1 heterocycles. The van der Waals surface area contributed by atoms with Crippen LogP contribution in [0.5, 0.6) is 0 Å². The van der Waals surface area contributed by atoms with E-state index >= 15 is 0 Å². The zero-order chi connectivity index (χ0) is 11.6. The fraction of sp³-hybridized carbons (Fsp3) is 0.692. The summed E-state index contributed by atoms with van der Waals surface area (Å²) in [5.41, 5.74) is 4.85. The van der Waals surface area contributed by atoms with Gasteiger partial charge in [0.2, 0.25) is 0 Å². The van der Waals surface area contributed by atoms with Crippen molar-refractivity contribution in [2.24, 2.45) is 11.3 Å². The molecular formula is C13H22N2S. The Morgan fingerprint density at radius 1 is 1.50 bits per heavy atom. The topological polar surface area (TPSA) is 38.0 Å². The van der Waals surface area contributed by atoms with Crippen LogP contribution in [-0.4, -0.2) is 0 Å². The van der Waals surface area contributed by atoms with Crippen molar-refractivity contribution in [1.29, 1.82) is 0 Å². The highest BCUT2D eigenvalue weighted by atomic mass is 32.1. The molecule has 1 fully saturated rings. The van der Waals surface area contributed by atoms with Crippen molar-refractivity contribution in [3.8, 4) is 0 Å². The first kappa shape index (κ1) is 12.1. The summed E-state index contributed by atoms with van der Waals surface area (Å²) in [5.74, 6) is 5.81. The van der Waals surface area contributed by atoms with Crippen molar-refractivity contribution < 1.29 is 0 Å². The first-order valence-corrected chi connectivity index (χ1v) is 7.11. The molecule has 2 nitrogen and oxygen atoms in total. The molecule has 0 amide bonds. The van der Waals surface area contributed by atoms with Gasteiger partial charge >= 0.3 is 0 Å². The average Bonchev–Trinajstić information content (AvgIpc) is 2.90. The van der Waals surface area contributed by atoms with Gasteiger partial charge in [0.1, 0.15) is 0 Å². The number of hydrazine groups is 1. The molecule has 1 aromatic heterocycles. The maximum atomic E-state index is 5.81. The molecule has 1 unspecified atom stereocenters. The fourth-order valence-electron chi connectivity index (χ4n) is 3.17. The predicted octanol–water partition coefficient (Wildman–Crippen LogP) is 3.53. The highest BCUT2D eigenvalue weighted by Gasteiger charge is 2.40. The monoisotopic (exact) mass is 238 g/mol. The van der Waals surface area contributed by atoms with E-state index in [0.29, 0.717) is 11.5 Å². The second-order valence-electron chi connectivity index (χ2n) is 5.01. The second-order valence-corrected chi connectivity index (χ2v) is 6.13. The van der Waals surface area contributed by atoms with E-state index in [1.807, 2.05) is 11.3 Å². The van der Waals surface area contributed by atoms with Gasteiger partial charge in [-0.25, -0.2) is 0 Å². The third-order valence-electron chi connectivity index (χ3n) is 4.17. The van der Waals surface area contributed by atoms with Crippen LogP contribution in [0.25, 0.3) is 0 Å². The van der Waals surface area contributed by atoms with Crippen molar-refractivity contribution in [3.63, 3.8) is 0 Å². The summed E-state index contributed by atoms with van der Waals surface area (Å²) < 4.78 is 0. The molecule has 1 aliphatic carbocycles. The third kappa shape index (κ3) is 2.04. The van der Waals surface area contributed by atoms with E-state index in [0.717, 1.165) is 0 Å². The Balaban J connectivity index is 2.27. The minimum atomic E-state index is 0.338. The number of hydrogen-bond acceptors (Lipinski definition) is 3. The summed E-state index contributed by atoms with van der Waals surface area (Å²) in [6.45, 7) is 4.46. The minimum Gasteiger partial charge on any atom is -0.271 e. The van der Waals surface area contributed by atoms with E-state index in [2.05, 4.69) is 30.7 Å². The molecule has 3 N–H and O–H groups in total. The molecule has 1 aliphatic rings. The summed E-state index contributed by atoms with van der Waals surface area (Å²) in [6.07, 6.45) is 6.56. The Bertz CT molecular complexity index is 339. The van der Waals surface area contributed by atoms with E-state index in [9.17, 15) is 0 Å². The minimum absolute atomic E-state index is 0.338. The van der Waals surface area contributed by atoms with Crippen molar-refractivity contribution in [2.75, 3.05) is 0 Å². The number of rotatable bonds is 4. The van der Waals surface area contributed by atoms with Gasteiger partial charge in [0.25, 0.3) is 0 Å². The van der Waals surface area contributed by atoms with Crippen molar-refractivity contribution in [1.82, 2.24) is 5.43 Å². The lowest BCUT2D eigenvalue weighted by Gasteiger charge is -2.36. The zero-order valence-electron chi connectivity index (χ0n) is 10.3. The highest BCUT2D eigenvalue weighted by molar-refractivity contribution is 7.10. The summed E-state index contributed by atoms with van der Waals surface area (Å²) >= 11 is 1.82. The zero-order valence-corrected chi connectivity index (χ0v) is 11.1. The molecule has 1 saturated carbocycles. The molecule has 0 aliphatic heterocycles. The summed E-state index contributed by atoms with van der Waals surface area (Å²) in [4.78, 5) is 1.37. The van der Waals surface area contributed by atoms with Gasteiger partial charge in [0.15, 0.2) is 0 Å². The van der Waals surface area contributed by atoms with Crippen LogP contribution < -0.4 is 11.3 Å². The summed E-state index contributed by atoms with van der Waals surface area (Å²) in [7, 11) is 0. The Morgan fingerprint density at radius 3 is 2.62 bits per heavy atom. The van der Waals surface area contributed by atoms with Crippen LogP contribution in [0.4, 0.5) is 0 Å². The van der Waals surface area contributed by atoms with Gasteiger partial charge in [0.05, 0.1) is 6.04 Å². The lowest BCUT2D eigenvalue weighted by atomic mass is 9.74. The Hall–Kier alpha value is -0.380. The molecule has 2 rings (SSSR count). The van der Waals surface area contributed by atoms with Gasteiger partial charge in [0, 0.05) is 4.88 Å². The molecule has 90 valence electrons. The molecular weight excluding hydrogens is 216 g/mol. The Kier molecular flexibility index (Phi) is 3.67. The van der Waals surface area contributed by atoms with Crippen LogP contribution in [-0.2, 0) is 0 Å². The van der Waals surface area contributed by atoms with E-state index < -0.39 is 0 Å². The van der Waals surface area contributed by atoms with Crippen LogP contribution in [0.2, 0.25) is 0 Å². The molecule has 0 aromatic carbocycles. The van der Waals surface area contributed by atoms with Gasteiger partial charge in [-0.05, 0) is 48.6 Å². The smallest absolute Gasteiger partial charge is 0.0524 e. The van der Waals surface area contributed by atoms with E-state index in [-0.39, 0.29) is 0 Å². The van der Waals surface area contributed by atoms with Gasteiger partial charge in [-0.2, -0.15) is 0 Å².